The van der Waals surface area contributed by atoms with Crippen molar-refractivity contribution in [2.24, 2.45) is 11.8 Å². The molecule has 6 atom stereocenters. The van der Waals surface area contributed by atoms with Crippen molar-refractivity contribution in [1.29, 1.82) is 0 Å². The van der Waals surface area contributed by atoms with Crippen molar-refractivity contribution >= 4 is 5.97 Å². The van der Waals surface area contributed by atoms with Crippen molar-refractivity contribution in [2.45, 2.75) is 75.3 Å². The van der Waals surface area contributed by atoms with Crippen LogP contribution in [-0.2, 0) is 28.5 Å². The van der Waals surface area contributed by atoms with Gasteiger partial charge in [0.05, 0.1) is 43.5 Å². The number of esters is 1. The lowest BCUT2D eigenvalue weighted by atomic mass is 9.88. The van der Waals surface area contributed by atoms with Gasteiger partial charge in [0.25, 0.3) is 0 Å². The monoisotopic (exact) mass is 324 g/mol. The second-order valence-corrected chi connectivity index (χ2v) is 7.60. The van der Waals surface area contributed by atoms with Gasteiger partial charge in [0, 0.05) is 5.92 Å². The van der Waals surface area contributed by atoms with E-state index >= 15 is 0 Å². The molecule has 0 aromatic rings. The van der Waals surface area contributed by atoms with Crippen LogP contribution in [0.2, 0.25) is 0 Å². The third-order valence-electron chi connectivity index (χ3n) is 5.94. The Kier molecular flexibility index (Phi) is 3.62. The van der Waals surface area contributed by atoms with Crippen LogP contribution in [0.1, 0.15) is 38.5 Å². The molecule has 3 heterocycles. The third kappa shape index (κ3) is 3.02. The predicted octanol–water partition coefficient (Wildman–Crippen LogP) is 1.41. The van der Waals surface area contributed by atoms with Gasteiger partial charge in [-0.25, -0.2) is 0 Å². The summed E-state index contributed by atoms with van der Waals surface area (Å²) in [4.78, 5) is 12.3. The zero-order chi connectivity index (χ0) is 15.4. The Morgan fingerprint density at radius 2 is 1.52 bits per heavy atom. The molecule has 3 saturated heterocycles. The first kappa shape index (κ1) is 14.6. The minimum absolute atomic E-state index is 0.0150. The predicted molar refractivity (Wildman–Crippen MR) is 77.6 cm³/mol. The molecule has 6 nitrogen and oxygen atoms in total. The lowest BCUT2D eigenvalue weighted by Gasteiger charge is -2.35. The van der Waals surface area contributed by atoms with E-state index in [9.17, 15) is 4.79 Å². The van der Waals surface area contributed by atoms with Gasteiger partial charge in [0.2, 0.25) is 0 Å². The first-order valence-corrected chi connectivity index (χ1v) is 9.01. The Morgan fingerprint density at radius 1 is 0.826 bits per heavy atom. The standard InChI is InChI=1S/C17H24O6/c18-16(9-1-3-12-14(5-9)22-12)21-11-7-19-17(20-8-11)10-2-4-13-15(6-10)23-13/h9-15,17H,1-8H2. The van der Waals surface area contributed by atoms with Crippen LogP contribution in [-0.4, -0.2) is 56.0 Å². The minimum Gasteiger partial charge on any atom is -0.457 e. The zero-order valence-electron chi connectivity index (χ0n) is 13.2. The van der Waals surface area contributed by atoms with Crippen LogP contribution in [0, 0.1) is 11.8 Å². The maximum Gasteiger partial charge on any atom is 0.309 e. The van der Waals surface area contributed by atoms with Crippen molar-refractivity contribution in [2.75, 3.05) is 13.2 Å². The van der Waals surface area contributed by atoms with E-state index in [0.717, 1.165) is 38.5 Å². The zero-order valence-corrected chi connectivity index (χ0v) is 13.2. The largest absolute Gasteiger partial charge is 0.457 e. The number of hydrogen-bond donors (Lipinski definition) is 0. The first-order chi connectivity index (χ1) is 11.3. The first-order valence-electron chi connectivity index (χ1n) is 9.01. The number of fused-ring (bicyclic) bond motifs is 2. The molecule has 0 aromatic heterocycles. The third-order valence-corrected chi connectivity index (χ3v) is 5.94. The van der Waals surface area contributed by atoms with Crippen LogP contribution in [0.3, 0.4) is 0 Å². The smallest absolute Gasteiger partial charge is 0.309 e. The SMILES string of the molecule is O=C(OC1COC(C2CCC3OC3C2)OC1)C1CCC2OC2C1. The molecule has 128 valence electrons. The van der Waals surface area contributed by atoms with Crippen LogP contribution in [0.25, 0.3) is 0 Å². The molecule has 6 unspecified atom stereocenters. The molecule has 0 N–H and O–H groups in total. The van der Waals surface area contributed by atoms with E-state index in [2.05, 4.69) is 0 Å². The summed E-state index contributed by atoms with van der Waals surface area (Å²) in [5, 5.41) is 0. The molecular weight excluding hydrogens is 300 g/mol. The van der Waals surface area contributed by atoms with E-state index < -0.39 is 0 Å². The quantitative estimate of drug-likeness (QED) is 0.577. The summed E-state index contributed by atoms with van der Waals surface area (Å²) < 4.78 is 28.3. The molecule has 23 heavy (non-hydrogen) atoms. The van der Waals surface area contributed by atoms with Crippen molar-refractivity contribution in [3.05, 3.63) is 0 Å². The van der Waals surface area contributed by atoms with E-state index in [0.29, 0.717) is 43.5 Å². The van der Waals surface area contributed by atoms with E-state index in [4.69, 9.17) is 23.7 Å². The van der Waals surface area contributed by atoms with Crippen molar-refractivity contribution in [3.8, 4) is 0 Å². The topological polar surface area (TPSA) is 69.8 Å². The van der Waals surface area contributed by atoms with Gasteiger partial charge in [-0.15, -0.1) is 0 Å². The summed E-state index contributed by atoms with van der Waals surface area (Å²) >= 11 is 0. The average molecular weight is 324 g/mol. The molecule has 6 heteroatoms. The van der Waals surface area contributed by atoms with Gasteiger partial charge in [-0.2, -0.15) is 0 Å². The van der Waals surface area contributed by atoms with E-state index in [-0.39, 0.29) is 24.3 Å². The van der Waals surface area contributed by atoms with E-state index in [1.807, 2.05) is 0 Å². The number of epoxide rings is 2. The fraction of sp³-hybridized carbons (Fsp3) is 0.941. The molecule has 2 aliphatic carbocycles. The number of carbonyl (C=O) groups is 1. The minimum atomic E-state index is -0.273. The second-order valence-electron chi connectivity index (χ2n) is 7.60. The van der Waals surface area contributed by atoms with Gasteiger partial charge in [-0.1, -0.05) is 0 Å². The number of ether oxygens (including phenoxy) is 5. The highest BCUT2D eigenvalue weighted by atomic mass is 16.7. The summed E-state index contributed by atoms with van der Waals surface area (Å²) in [5.74, 6) is 0.290. The summed E-state index contributed by atoms with van der Waals surface area (Å²) in [7, 11) is 0. The molecule has 2 saturated carbocycles. The van der Waals surface area contributed by atoms with Gasteiger partial charge in [-0.05, 0) is 38.5 Å². The lowest BCUT2D eigenvalue weighted by Crippen LogP contribution is -2.43. The maximum atomic E-state index is 12.3. The summed E-state index contributed by atoms with van der Waals surface area (Å²) in [6.07, 6.45) is 7.11. The molecule has 0 amide bonds. The highest BCUT2D eigenvalue weighted by molar-refractivity contribution is 5.73. The Morgan fingerprint density at radius 3 is 2.22 bits per heavy atom. The molecule has 5 rings (SSSR count). The molecule has 0 radical (unpaired) electrons. The normalized spacial score (nSPS) is 51.3. The van der Waals surface area contributed by atoms with Gasteiger partial charge < -0.3 is 23.7 Å². The van der Waals surface area contributed by atoms with Gasteiger partial charge in [-0.3, -0.25) is 4.79 Å². The van der Waals surface area contributed by atoms with Gasteiger partial charge in [0.1, 0.15) is 6.10 Å². The maximum absolute atomic E-state index is 12.3. The molecular formula is C17H24O6. The second kappa shape index (κ2) is 5.69. The van der Waals surface area contributed by atoms with Crippen LogP contribution in [0.15, 0.2) is 0 Å². The van der Waals surface area contributed by atoms with Crippen molar-refractivity contribution in [3.63, 3.8) is 0 Å². The number of rotatable bonds is 3. The van der Waals surface area contributed by atoms with E-state index in [1.54, 1.807) is 0 Å². The summed E-state index contributed by atoms with van der Waals surface area (Å²) in [6, 6.07) is 0. The van der Waals surface area contributed by atoms with Crippen molar-refractivity contribution < 1.29 is 28.5 Å². The molecule has 0 bridgehead atoms. The molecule has 5 fully saturated rings. The van der Waals surface area contributed by atoms with Crippen molar-refractivity contribution in [1.82, 2.24) is 0 Å². The Balaban J connectivity index is 1.08. The molecule has 5 aliphatic rings. The fourth-order valence-corrected chi connectivity index (χ4v) is 4.40. The number of carbonyl (C=O) groups excluding carboxylic acids is 1. The highest BCUT2D eigenvalue weighted by Gasteiger charge is 2.48. The average Bonchev–Trinajstić information content (AvgIpc) is 3.47. The Labute approximate surface area is 135 Å². The molecule has 0 spiro atoms. The van der Waals surface area contributed by atoms with Crippen LogP contribution < -0.4 is 0 Å². The Hall–Kier alpha value is -0.690. The summed E-state index contributed by atoms with van der Waals surface area (Å²) in [6.45, 7) is 0.883. The van der Waals surface area contributed by atoms with Crippen LogP contribution >= 0.6 is 0 Å². The van der Waals surface area contributed by atoms with E-state index in [1.165, 1.54) is 0 Å². The van der Waals surface area contributed by atoms with Gasteiger partial charge >= 0.3 is 5.97 Å². The number of hydrogen-bond acceptors (Lipinski definition) is 6. The molecule has 0 aromatic carbocycles. The molecule has 3 aliphatic heterocycles. The van der Waals surface area contributed by atoms with Gasteiger partial charge in [0.15, 0.2) is 6.29 Å². The van der Waals surface area contributed by atoms with Crippen LogP contribution in [0.4, 0.5) is 0 Å². The highest BCUT2D eigenvalue weighted by Crippen LogP contribution is 2.42. The Bertz CT molecular complexity index is 474. The fourth-order valence-electron chi connectivity index (χ4n) is 4.40. The van der Waals surface area contributed by atoms with Crippen LogP contribution in [0.5, 0.6) is 0 Å². The lowest BCUT2D eigenvalue weighted by molar-refractivity contribution is -0.247. The summed E-state index contributed by atoms with van der Waals surface area (Å²) in [5.41, 5.74) is 0.